The molecule has 1 aromatic carbocycles. The van der Waals surface area contributed by atoms with Crippen LogP contribution in [-0.2, 0) is 16.1 Å². The maximum Gasteiger partial charge on any atom is 0.350 e. The van der Waals surface area contributed by atoms with Crippen molar-refractivity contribution in [1.82, 2.24) is 4.90 Å². The monoisotopic (exact) mass is 397 g/mol. The number of rotatable bonds is 5. The molecule has 8 heteroatoms. The first-order valence-electron chi connectivity index (χ1n) is 7.26. The van der Waals surface area contributed by atoms with E-state index in [1.165, 1.54) is 22.5 Å². The number of amides is 1. The Labute approximate surface area is 157 Å². The number of ether oxygens (including phenoxy) is 1. The predicted molar refractivity (Wildman–Crippen MR) is 97.3 cm³/mol. The van der Waals surface area contributed by atoms with Gasteiger partial charge in [-0.05, 0) is 24.3 Å². The molecular formula is C17H13Cl2NO4S. The summed E-state index contributed by atoms with van der Waals surface area (Å²) in [5.41, 5.74) is 0. The number of halogens is 2. The van der Waals surface area contributed by atoms with E-state index in [0.717, 1.165) is 10.1 Å². The minimum Gasteiger partial charge on any atom is -0.467 e. The van der Waals surface area contributed by atoms with Gasteiger partial charge in [-0.3, -0.25) is 4.79 Å². The van der Waals surface area contributed by atoms with Gasteiger partial charge in [0.15, 0.2) is 6.61 Å². The van der Waals surface area contributed by atoms with Gasteiger partial charge in [0.2, 0.25) is 0 Å². The lowest BCUT2D eigenvalue weighted by Gasteiger charge is -2.15. The van der Waals surface area contributed by atoms with Crippen molar-refractivity contribution in [1.29, 1.82) is 0 Å². The second-order valence-electron chi connectivity index (χ2n) is 5.29. The van der Waals surface area contributed by atoms with Gasteiger partial charge in [-0.15, -0.1) is 11.3 Å². The number of esters is 1. The largest absolute Gasteiger partial charge is 0.467 e. The number of thiophene rings is 1. The van der Waals surface area contributed by atoms with E-state index in [9.17, 15) is 9.59 Å². The van der Waals surface area contributed by atoms with E-state index in [2.05, 4.69) is 0 Å². The molecule has 3 rings (SSSR count). The summed E-state index contributed by atoms with van der Waals surface area (Å²) in [7, 11) is 1.60. The van der Waals surface area contributed by atoms with Crippen LogP contribution in [0.25, 0.3) is 10.1 Å². The van der Waals surface area contributed by atoms with Gasteiger partial charge in [-0.1, -0.05) is 29.3 Å². The van der Waals surface area contributed by atoms with Crippen molar-refractivity contribution in [3.63, 3.8) is 0 Å². The molecule has 0 aliphatic carbocycles. The van der Waals surface area contributed by atoms with E-state index in [1.807, 2.05) is 0 Å². The van der Waals surface area contributed by atoms with Crippen LogP contribution in [-0.4, -0.2) is 30.4 Å². The Morgan fingerprint density at radius 1 is 1.28 bits per heavy atom. The lowest BCUT2D eigenvalue weighted by Crippen LogP contribution is -2.30. The predicted octanol–water partition coefficient (Wildman–Crippen LogP) is 4.62. The Hall–Kier alpha value is -2.02. The summed E-state index contributed by atoms with van der Waals surface area (Å²) in [5, 5.41) is 1.59. The highest BCUT2D eigenvalue weighted by Crippen LogP contribution is 2.37. The summed E-state index contributed by atoms with van der Waals surface area (Å²) in [4.78, 5) is 26.0. The van der Waals surface area contributed by atoms with E-state index in [-0.39, 0.29) is 17.4 Å². The summed E-state index contributed by atoms with van der Waals surface area (Å²) >= 11 is 13.4. The fraction of sp³-hybridized carbons (Fsp3) is 0.176. The topological polar surface area (TPSA) is 59.8 Å². The summed E-state index contributed by atoms with van der Waals surface area (Å²) in [6.45, 7) is -0.0765. The number of nitrogens with zero attached hydrogens (tertiary/aromatic N) is 1. The highest BCUT2D eigenvalue weighted by molar-refractivity contribution is 7.21. The molecule has 0 spiro atoms. The van der Waals surface area contributed by atoms with Crippen molar-refractivity contribution >= 4 is 56.5 Å². The van der Waals surface area contributed by atoms with E-state index in [4.69, 9.17) is 32.4 Å². The average molecular weight is 398 g/mol. The quantitative estimate of drug-likeness (QED) is 0.589. The van der Waals surface area contributed by atoms with Crippen molar-refractivity contribution in [3.8, 4) is 0 Å². The molecule has 0 fully saturated rings. The highest BCUT2D eigenvalue weighted by atomic mass is 35.5. The molecule has 130 valence electrons. The Bertz CT molecular complexity index is 920. The van der Waals surface area contributed by atoms with E-state index in [1.54, 1.807) is 37.4 Å². The molecule has 0 radical (unpaired) electrons. The van der Waals surface area contributed by atoms with Crippen molar-refractivity contribution in [2.45, 2.75) is 6.54 Å². The number of carbonyl (C=O) groups is 2. The zero-order valence-electron chi connectivity index (χ0n) is 13.1. The van der Waals surface area contributed by atoms with Crippen molar-refractivity contribution in [3.05, 3.63) is 57.3 Å². The Balaban J connectivity index is 1.64. The van der Waals surface area contributed by atoms with Crippen LogP contribution in [0.1, 0.15) is 15.4 Å². The molecule has 25 heavy (non-hydrogen) atoms. The van der Waals surface area contributed by atoms with Gasteiger partial charge in [0, 0.05) is 22.2 Å². The molecule has 0 saturated heterocycles. The first-order chi connectivity index (χ1) is 12.0. The van der Waals surface area contributed by atoms with Crippen molar-refractivity contribution in [2.24, 2.45) is 0 Å². The first kappa shape index (κ1) is 17.8. The van der Waals surface area contributed by atoms with Crippen LogP contribution >= 0.6 is 34.5 Å². The number of hydrogen-bond acceptors (Lipinski definition) is 5. The minimum absolute atomic E-state index is 0.250. The number of furan rings is 1. The lowest BCUT2D eigenvalue weighted by atomic mass is 10.2. The smallest absolute Gasteiger partial charge is 0.350 e. The third kappa shape index (κ3) is 3.98. The fourth-order valence-corrected chi connectivity index (χ4v) is 3.88. The second kappa shape index (κ2) is 7.47. The normalized spacial score (nSPS) is 10.8. The molecular weight excluding hydrogens is 385 g/mol. The average Bonchev–Trinajstić information content (AvgIpc) is 3.20. The van der Waals surface area contributed by atoms with Gasteiger partial charge in [-0.25, -0.2) is 4.79 Å². The van der Waals surface area contributed by atoms with Crippen molar-refractivity contribution < 1.29 is 18.7 Å². The van der Waals surface area contributed by atoms with Crippen LogP contribution in [0.15, 0.2) is 41.0 Å². The molecule has 1 amide bonds. The lowest BCUT2D eigenvalue weighted by molar-refractivity contribution is -0.133. The Morgan fingerprint density at radius 2 is 2.08 bits per heavy atom. The molecule has 0 atom stereocenters. The Kier molecular flexibility index (Phi) is 5.32. The van der Waals surface area contributed by atoms with E-state index < -0.39 is 5.97 Å². The summed E-state index contributed by atoms with van der Waals surface area (Å²) < 4.78 is 11.1. The van der Waals surface area contributed by atoms with E-state index in [0.29, 0.717) is 22.4 Å². The van der Waals surface area contributed by atoms with Gasteiger partial charge in [0.05, 0.1) is 17.8 Å². The van der Waals surface area contributed by atoms with E-state index >= 15 is 0 Å². The van der Waals surface area contributed by atoms with Gasteiger partial charge in [0.1, 0.15) is 10.6 Å². The van der Waals surface area contributed by atoms with Gasteiger partial charge in [-0.2, -0.15) is 0 Å². The summed E-state index contributed by atoms with van der Waals surface area (Å²) in [5.74, 6) is -0.335. The zero-order valence-corrected chi connectivity index (χ0v) is 15.5. The molecule has 3 aromatic rings. The van der Waals surface area contributed by atoms with Gasteiger partial charge < -0.3 is 14.1 Å². The standard InChI is InChI=1S/C17H13Cl2NO4S/c1-20(8-11-3-2-6-23-11)14(21)9-24-17(22)16-15(19)12-5-4-10(18)7-13(12)25-16/h2-7H,8-9H2,1H3. The maximum atomic E-state index is 12.2. The van der Waals surface area contributed by atoms with Crippen LogP contribution in [0.5, 0.6) is 0 Å². The van der Waals surface area contributed by atoms with Crippen LogP contribution in [0.2, 0.25) is 10.0 Å². The fourth-order valence-electron chi connectivity index (χ4n) is 2.20. The second-order valence-corrected chi connectivity index (χ2v) is 7.16. The van der Waals surface area contributed by atoms with Crippen LogP contribution in [0.3, 0.4) is 0 Å². The van der Waals surface area contributed by atoms with Gasteiger partial charge >= 0.3 is 5.97 Å². The number of likely N-dealkylation sites (N-methyl/N-ethyl adjacent to an activating group) is 1. The molecule has 2 heterocycles. The molecule has 0 unspecified atom stereocenters. The number of carbonyl (C=O) groups excluding carboxylic acids is 2. The molecule has 5 nitrogen and oxygen atoms in total. The van der Waals surface area contributed by atoms with Crippen molar-refractivity contribution in [2.75, 3.05) is 13.7 Å². The van der Waals surface area contributed by atoms with Gasteiger partial charge in [0.25, 0.3) is 5.91 Å². The number of fused-ring (bicyclic) bond motifs is 1. The number of hydrogen-bond donors (Lipinski definition) is 0. The highest BCUT2D eigenvalue weighted by Gasteiger charge is 2.20. The van der Waals surface area contributed by atoms with Crippen LogP contribution < -0.4 is 0 Å². The summed E-state index contributed by atoms with van der Waals surface area (Å²) in [6.07, 6.45) is 1.53. The molecule has 0 saturated carbocycles. The Morgan fingerprint density at radius 3 is 2.80 bits per heavy atom. The maximum absolute atomic E-state index is 12.2. The molecule has 0 N–H and O–H groups in total. The minimum atomic E-state index is -0.637. The molecule has 0 aliphatic rings. The number of benzene rings is 1. The SMILES string of the molecule is CN(Cc1ccco1)C(=O)COC(=O)c1sc2cc(Cl)ccc2c1Cl. The zero-order chi connectivity index (χ0) is 18.0. The molecule has 0 bridgehead atoms. The molecule has 2 aromatic heterocycles. The summed E-state index contributed by atoms with van der Waals surface area (Å²) in [6, 6.07) is 8.67. The first-order valence-corrected chi connectivity index (χ1v) is 8.84. The third-order valence-electron chi connectivity index (χ3n) is 3.50. The van der Waals surface area contributed by atoms with Crippen LogP contribution in [0, 0.1) is 0 Å². The molecule has 0 aliphatic heterocycles. The van der Waals surface area contributed by atoms with Crippen LogP contribution in [0.4, 0.5) is 0 Å². The third-order valence-corrected chi connectivity index (χ3v) is 5.37.